The fraction of sp³-hybridized carbons (Fsp3) is 0.357. The Kier molecular flexibility index (Phi) is 4.09. The van der Waals surface area contributed by atoms with Crippen molar-refractivity contribution in [1.82, 2.24) is 9.71 Å². The lowest BCUT2D eigenvalue weighted by Crippen LogP contribution is -2.53. The highest BCUT2D eigenvalue weighted by molar-refractivity contribution is 7.89. The second kappa shape index (κ2) is 5.75. The van der Waals surface area contributed by atoms with E-state index in [1.807, 2.05) is 0 Å². The zero-order chi connectivity index (χ0) is 15.8. The second-order valence-corrected chi connectivity index (χ2v) is 7.59. The number of pyridine rings is 1. The molecule has 2 N–H and O–H groups in total. The highest BCUT2D eigenvalue weighted by Crippen LogP contribution is 2.27. The van der Waals surface area contributed by atoms with E-state index in [2.05, 4.69) is 9.71 Å². The molecule has 0 spiro atoms. The number of rotatable bonds is 5. The fourth-order valence-corrected chi connectivity index (χ4v) is 3.65. The first-order valence-electron chi connectivity index (χ1n) is 6.68. The zero-order valence-electron chi connectivity index (χ0n) is 11.6. The van der Waals surface area contributed by atoms with Crippen LogP contribution in [0.1, 0.15) is 0 Å². The van der Waals surface area contributed by atoms with Crippen LogP contribution in [0, 0.1) is 5.41 Å². The van der Waals surface area contributed by atoms with E-state index >= 15 is 0 Å². The molecule has 0 amide bonds. The smallest absolute Gasteiger partial charge is 0.240 e. The number of fused-ring (bicyclic) bond motifs is 1. The molecule has 1 aromatic carbocycles. The van der Waals surface area contributed by atoms with Crippen molar-refractivity contribution in [2.75, 3.05) is 26.4 Å². The normalized spacial score (nSPS) is 17.4. The molecular weight excluding hydrogens is 328 g/mol. The largest absolute Gasteiger partial charge is 0.396 e. The third kappa shape index (κ3) is 2.82. The number of aromatic nitrogens is 1. The Balaban J connectivity index is 1.87. The number of hydrogen-bond donors (Lipinski definition) is 2. The van der Waals surface area contributed by atoms with Crippen LogP contribution < -0.4 is 4.72 Å². The summed E-state index contributed by atoms with van der Waals surface area (Å²) in [4.78, 5) is 4.07. The van der Waals surface area contributed by atoms with Crippen molar-refractivity contribution in [3.63, 3.8) is 0 Å². The molecule has 3 rings (SSSR count). The van der Waals surface area contributed by atoms with Crippen LogP contribution >= 0.6 is 11.6 Å². The summed E-state index contributed by atoms with van der Waals surface area (Å²) in [5.41, 5.74) is -0.525. The van der Waals surface area contributed by atoms with Crippen molar-refractivity contribution < 1.29 is 18.3 Å². The van der Waals surface area contributed by atoms with Crippen LogP contribution in [0.25, 0.3) is 10.8 Å². The Labute approximate surface area is 133 Å². The lowest BCUT2D eigenvalue weighted by Gasteiger charge is -2.39. The zero-order valence-corrected chi connectivity index (χ0v) is 13.2. The summed E-state index contributed by atoms with van der Waals surface area (Å²) in [6.45, 7) is 0.701. The van der Waals surface area contributed by atoms with Gasteiger partial charge in [-0.2, -0.15) is 0 Å². The number of halogens is 1. The highest BCUT2D eigenvalue weighted by atomic mass is 35.5. The van der Waals surface area contributed by atoms with Crippen LogP contribution in [-0.2, 0) is 14.8 Å². The first-order chi connectivity index (χ1) is 10.5. The molecule has 0 aliphatic carbocycles. The average molecular weight is 343 g/mol. The number of aliphatic hydroxyl groups is 1. The number of benzene rings is 1. The first-order valence-corrected chi connectivity index (χ1v) is 8.54. The monoisotopic (exact) mass is 342 g/mol. The van der Waals surface area contributed by atoms with Crippen LogP contribution in [0.15, 0.2) is 35.4 Å². The van der Waals surface area contributed by atoms with Gasteiger partial charge in [-0.1, -0.05) is 17.7 Å². The summed E-state index contributed by atoms with van der Waals surface area (Å²) in [6, 6.07) is 6.46. The summed E-state index contributed by atoms with van der Waals surface area (Å²) in [5, 5.41) is 11.0. The van der Waals surface area contributed by atoms with E-state index in [1.54, 1.807) is 18.3 Å². The Morgan fingerprint density at radius 3 is 2.77 bits per heavy atom. The van der Waals surface area contributed by atoms with E-state index in [0.29, 0.717) is 18.6 Å². The van der Waals surface area contributed by atoms with Gasteiger partial charge >= 0.3 is 0 Å². The Morgan fingerprint density at radius 2 is 2.14 bits per heavy atom. The van der Waals surface area contributed by atoms with Gasteiger partial charge in [0.15, 0.2) is 0 Å². The minimum atomic E-state index is -3.69. The maximum atomic E-state index is 12.4. The number of nitrogens with zero attached hydrogens (tertiary/aromatic N) is 1. The lowest BCUT2D eigenvalue weighted by molar-refractivity contribution is -0.132. The third-order valence-electron chi connectivity index (χ3n) is 3.79. The maximum absolute atomic E-state index is 12.4. The SMILES string of the molecule is O=S(=O)(NCC1(CO)COC1)c1ccc2ccnc(Cl)c2c1. The molecule has 1 saturated heterocycles. The van der Waals surface area contributed by atoms with Crippen LogP contribution in [0.4, 0.5) is 0 Å². The van der Waals surface area contributed by atoms with Crippen LogP contribution in [0.2, 0.25) is 5.15 Å². The van der Waals surface area contributed by atoms with Crippen LogP contribution in [-0.4, -0.2) is 44.9 Å². The van der Waals surface area contributed by atoms with Gasteiger partial charge in [-0.25, -0.2) is 18.1 Å². The minimum absolute atomic E-state index is 0.114. The summed E-state index contributed by atoms with van der Waals surface area (Å²) in [7, 11) is -3.69. The molecule has 2 aromatic rings. The summed E-state index contributed by atoms with van der Waals surface area (Å²) in [5.74, 6) is 0. The van der Waals surface area contributed by atoms with Gasteiger partial charge < -0.3 is 9.84 Å². The highest BCUT2D eigenvalue weighted by Gasteiger charge is 2.39. The Bertz CT molecular complexity index is 800. The van der Waals surface area contributed by atoms with E-state index in [-0.39, 0.29) is 23.2 Å². The summed E-state index contributed by atoms with van der Waals surface area (Å²) >= 11 is 6.01. The molecule has 0 unspecified atom stereocenters. The molecule has 6 nitrogen and oxygen atoms in total. The van der Waals surface area contributed by atoms with Gasteiger partial charge in [0.05, 0.1) is 30.1 Å². The van der Waals surface area contributed by atoms with Gasteiger partial charge in [0, 0.05) is 18.1 Å². The van der Waals surface area contributed by atoms with Crippen LogP contribution in [0.5, 0.6) is 0 Å². The van der Waals surface area contributed by atoms with Crippen LogP contribution in [0.3, 0.4) is 0 Å². The predicted molar refractivity (Wildman–Crippen MR) is 82.3 cm³/mol. The topological polar surface area (TPSA) is 88.5 Å². The van der Waals surface area contributed by atoms with Crippen molar-refractivity contribution in [3.05, 3.63) is 35.6 Å². The van der Waals surface area contributed by atoms with E-state index < -0.39 is 15.4 Å². The van der Waals surface area contributed by atoms with Gasteiger partial charge in [0.2, 0.25) is 10.0 Å². The average Bonchev–Trinajstić information content (AvgIpc) is 2.46. The van der Waals surface area contributed by atoms with Gasteiger partial charge in [-0.3, -0.25) is 0 Å². The van der Waals surface area contributed by atoms with Gasteiger partial charge in [0.1, 0.15) is 5.15 Å². The van der Waals surface area contributed by atoms with E-state index in [1.165, 1.54) is 12.1 Å². The van der Waals surface area contributed by atoms with Gasteiger partial charge in [-0.15, -0.1) is 0 Å². The fourth-order valence-electron chi connectivity index (χ4n) is 2.25. The molecule has 1 aromatic heterocycles. The lowest BCUT2D eigenvalue weighted by atomic mass is 9.87. The van der Waals surface area contributed by atoms with Crippen molar-refractivity contribution in [2.24, 2.45) is 5.41 Å². The molecule has 22 heavy (non-hydrogen) atoms. The molecule has 8 heteroatoms. The number of sulfonamides is 1. The first kappa shape index (κ1) is 15.6. The second-order valence-electron chi connectivity index (χ2n) is 5.46. The summed E-state index contributed by atoms with van der Waals surface area (Å²) in [6.07, 6.45) is 1.57. The molecule has 1 aliphatic rings. The van der Waals surface area contributed by atoms with E-state index in [4.69, 9.17) is 16.3 Å². The maximum Gasteiger partial charge on any atom is 0.240 e. The Hall–Kier alpha value is -1.25. The molecule has 0 bridgehead atoms. The molecule has 118 valence electrons. The summed E-state index contributed by atoms with van der Waals surface area (Å²) < 4.78 is 32.4. The minimum Gasteiger partial charge on any atom is -0.396 e. The van der Waals surface area contributed by atoms with Gasteiger partial charge in [-0.05, 0) is 23.6 Å². The van der Waals surface area contributed by atoms with Crippen molar-refractivity contribution in [1.29, 1.82) is 0 Å². The molecule has 1 fully saturated rings. The van der Waals surface area contributed by atoms with Crippen molar-refractivity contribution in [3.8, 4) is 0 Å². The standard InChI is InChI=1S/C14H15ClN2O4S/c15-13-12-5-11(2-1-10(12)3-4-16-13)22(19,20)17-6-14(7-18)8-21-9-14/h1-5,17-18H,6-9H2. The molecule has 0 saturated carbocycles. The molecule has 0 radical (unpaired) electrons. The number of nitrogens with one attached hydrogen (secondary N) is 1. The predicted octanol–water partition coefficient (Wildman–Crippen LogP) is 1.18. The van der Waals surface area contributed by atoms with E-state index in [9.17, 15) is 13.5 Å². The Morgan fingerprint density at radius 1 is 1.36 bits per heavy atom. The quantitative estimate of drug-likeness (QED) is 0.796. The van der Waals surface area contributed by atoms with E-state index in [0.717, 1.165) is 5.39 Å². The molecular formula is C14H15ClN2O4S. The molecule has 2 heterocycles. The third-order valence-corrected chi connectivity index (χ3v) is 5.49. The number of aliphatic hydroxyl groups excluding tert-OH is 1. The number of hydrogen-bond acceptors (Lipinski definition) is 5. The molecule has 1 aliphatic heterocycles. The van der Waals surface area contributed by atoms with Crippen molar-refractivity contribution in [2.45, 2.75) is 4.90 Å². The number of ether oxygens (including phenoxy) is 1. The van der Waals surface area contributed by atoms with Crippen molar-refractivity contribution >= 4 is 32.4 Å². The van der Waals surface area contributed by atoms with Gasteiger partial charge in [0.25, 0.3) is 0 Å². The molecule has 0 atom stereocenters.